The fourth-order valence-electron chi connectivity index (χ4n) is 5.45. The first-order valence-electron chi connectivity index (χ1n) is 22.8. The maximum Gasteiger partial charge on any atom is 0.341 e. The van der Waals surface area contributed by atoms with Crippen LogP contribution in [0.3, 0.4) is 0 Å². The number of carboxylic acid groups (broad SMARTS) is 8. The van der Waals surface area contributed by atoms with Crippen LogP contribution in [-0.4, -0.2) is 88.6 Å². The first-order valence-corrected chi connectivity index (χ1v) is 23.9. The van der Waals surface area contributed by atoms with Gasteiger partial charge in [0.15, 0.2) is 75.6 Å². The van der Waals surface area contributed by atoms with Crippen molar-refractivity contribution in [2.45, 2.75) is 0 Å². The lowest BCUT2D eigenvalue weighted by molar-refractivity contribution is 0.0672. The molecule has 0 heterocycles. The van der Waals surface area contributed by atoms with Crippen LogP contribution in [0.4, 0.5) is 83.4 Å². The minimum atomic E-state index is -2.38. The Labute approximate surface area is 511 Å². The van der Waals surface area contributed by atoms with E-state index in [4.69, 9.17) is 40.9 Å². The highest BCUT2D eigenvalue weighted by Gasteiger charge is 2.29. The number of carboxylic acids is 8. The zero-order valence-corrected chi connectivity index (χ0v) is 46.1. The van der Waals surface area contributed by atoms with Crippen molar-refractivity contribution in [2.75, 3.05) is 0 Å². The Bertz CT molecular complexity index is 3990. The van der Waals surface area contributed by atoms with E-state index in [9.17, 15) is 122 Å². The van der Waals surface area contributed by atoms with Crippen LogP contribution in [0, 0.1) is 114 Å². The predicted octanol–water partition coefficient (Wildman–Crippen LogP) is 14.3. The van der Waals surface area contributed by atoms with Gasteiger partial charge in [-0.1, -0.05) is 12.1 Å². The van der Waals surface area contributed by atoms with Gasteiger partial charge in [-0.05, 0) is 126 Å². The van der Waals surface area contributed by atoms with Crippen LogP contribution in [-0.2, 0) is 0 Å². The molecule has 16 nitrogen and oxygen atoms in total. The van der Waals surface area contributed by atoms with E-state index in [-0.39, 0.29) is 5.56 Å². The first-order chi connectivity index (χ1) is 42.6. The summed E-state index contributed by atoms with van der Waals surface area (Å²) in [6.45, 7) is 0. The van der Waals surface area contributed by atoms with E-state index in [0.717, 1.165) is 64.2 Å². The lowest BCUT2D eigenvalue weighted by Gasteiger charge is -2.03. The van der Waals surface area contributed by atoms with Crippen LogP contribution < -0.4 is 0 Å². The zero-order chi connectivity index (χ0) is 70.9. The minimum absolute atomic E-state index is 0.260. The van der Waals surface area contributed by atoms with Crippen molar-refractivity contribution in [2.24, 2.45) is 0 Å². The highest BCUT2D eigenvalue weighted by molar-refractivity contribution is 14.1. The van der Waals surface area contributed by atoms with Crippen molar-refractivity contribution in [3.8, 4) is 0 Å². The van der Waals surface area contributed by atoms with Crippen molar-refractivity contribution in [1.29, 1.82) is 0 Å². The molecule has 8 rings (SSSR count). The summed E-state index contributed by atoms with van der Waals surface area (Å²) < 4.78 is 236. The van der Waals surface area contributed by atoms with Gasteiger partial charge in [0.05, 0.1) is 27.8 Å². The fraction of sp³-hybridized carbons (Fsp3) is 0. The summed E-state index contributed by atoms with van der Waals surface area (Å²) in [6, 6.07) is 19.3. The summed E-state index contributed by atoms with van der Waals surface area (Å²) in [5.41, 5.74) is -5.75. The number of hydrogen-bond donors (Lipinski definition) is 8. The molecule has 8 N–H and O–H groups in total. The highest BCUT2D eigenvalue weighted by Crippen LogP contribution is 2.23. The number of hydrogen-bond acceptors (Lipinski definition) is 8. The molecule has 0 atom stereocenters. The van der Waals surface area contributed by atoms with E-state index in [0.29, 0.717) is 42.0 Å². The van der Waals surface area contributed by atoms with Gasteiger partial charge < -0.3 is 40.9 Å². The van der Waals surface area contributed by atoms with Gasteiger partial charge in [-0.2, -0.15) is 0 Å². The maximum absolute atomic E-state index is 12.6. The minimum Gasteiger partial charge on any atom is -0.478 e. The highest BCUT2D eigenvalue weighted by atomic mass is 127. The molecule has 0 radical (unpaired) electrons. The van der Waals surface area contributed by atoms with Gasteiger partial charge in [0.1, 0.15) is 45.8 Å². The summed E-state index contributed by atoms with van der Waals surface area (Å²) in [5.74, 6) is -41.5. The van der Waals surface area contributed by atoms with Crippen LogP contribution in [0.5, 0.6) is 0 Å². The smallest absolute Gasteiger partial charge is 0.341 e. The number of rotatable bonds is 8. The zero-order valence-electron chi connectivity index (χ0n) is 43.9. The molecule has 36 heteroatoms. The average Bonchev–Trinajstić information content (AvgIpc) is 0.854. The van der Waals surface area contributed by atoms with Gasteiger partial charge >= 0.3 is 47.8 Å². The van der Waals surface area contributed by atoms with E-state index >= 15 is 0 Å². The first kappa shape index (κ1) is 78.9. The normalized spacial score (nSPS) is 9.78. The molecule has 0 aliphatic carbocycles. The molecule has 0 aliphatic rings. The molecular weight excluding hydrogens is 1420 g/mol. The van der Waals surface area contributed by atoms with Crippen LogP contribution in [0.2, 0.25) is 0 Å². The van der Waals surface area contributed by atoms with E-state index < -0.39 is 192 Å². The predicted molar refractivity (Wildman–Crippen MR) is 279 cm³/mol. The lowest BCUT2D eigenvalue weighted by atomic mass is 10.1. The third kappa shape index (κ3) is 23.8. The molecule has 92 heavy (non-hydrogen) atoms. The van der Waals surface area contributed by atoms with Gasteiger partial charge in [-0.3, -0.25) is 0 Å². The van der Waals surface area contributed by atoms with Gasteiger partial charge in [0.25, 0.3) is 0 Å². The second-order valence-electron chi connectivity index (χ2n) is 15.8. The molecule has 0 amide bonds. The summed E-state index contributed by atoms with van der Waals surface area (Å²) >= 11 is 2.13. The summed E-state index contributed by atoms with van der Waals surface area (Å²) in [4.78, 5) is 81.4. The molecule has 0 aromatic heterocycles. The van der Waals surface area contributed by atoms with Crippen LogP contribution >= 0.6 is 22.6 Å². The topological polar surface area (TPSA) is 298 Å². The average molecular weight is 1440 g/mol. The molecule has 0 bridgehead atoms. The lowest BCUT2D eigenvalue weighted by Crippen LogP contribution is -2.11. The fourth-order valence-corrected chi connectivity index (χ4v) is 5.81. The molecular formula is C56H28F19IO16. The monoisotopic (exact) mass is 1440 g/mol. The van der Waals surface area contributed by atoms with Gasteiger partial charge in [0.2, 0.25) is 5.82 Å². The van der Waals surface area contributed by atoms with Crippen molar-refractivity contribution in [3.63, 3.8) is 0 Å². The third-order valence-corrected chi connectivity index (χ3v) is 10.4. The van der Waals surface area contributed by atoms with Gasteiger partial charge in [0, 0.05) is 9.64 Å². The molecule has 8 aromatic carbocycles. The van der Waals surface area contributed by atoms with E-state index in [2.05, 4.69) is 22.6 Å². The molecule has 0 unspecified atom stereocenters. The third-order valence-electron chi connectivity index (χ3n) is 9.69. The molecule has 8 aromatic rings. The Morgan fingerprint density at radius 1 is 0.239 bits per heavy atom. The second kappa shape index (κ2) is 36.4. The number of halogens is 20. The Hall–Kier alpha value is -11.1. The molecule has 488 valence electrons. The molecule has 0 saturated carbocycles. The number of carbonyl (C=O) groups is 8. The SMILES string of the molecule is O=C(O)c1c(F)c(F)c(F)c(F)c1F.O=C(O)c1c(F)ccc(F)c1F.O=C(O)c1c(F)cccc1F.O=C(O)c1cc(F)c(F)c(F)c1.O=C(O)c1ccc(F)c(F)c1.O=C(O)c1ccc(F)cc1F.O=C(O)c1ccc(I)cc1.O=C(O)c1cccc(F)c1F. The molecule has 0 saturated heterocycles. The van der Waals surface area contributed by atoms with Crippen molar-refractivity contribution >= 4 is 70.3 Å². The summed E-state index contributed by atoms with van der Waals surface area (Å²) in [6.07, 6.45) is 0. The van der Waals surface area contributed by atoms with Crippen LogP contribution in [0.1, 0.15) is 82.9 Å². The van der Waals surface area contributed by atoms with Gasteiger partial charge in [-0.25, -0.2) is 122 Å². The Morgan fingerprint density at radius 3 is 0.989 bits per heavy atom. The molecule has 0 fully saturated rings. The largest absolute Gasteiger partial charge is 0.478 e. The molecule has 0 spiro atoms. The number of benzene rings is 8. The Kier molecular flexibility index (Phi) is 31.2. The quantitative estimate of drug-likeness (QED) is 0.0303. The summed E-state index contributed by atoms with van der Waals surface area (Å²) in [7, 11) is 0. The molecule has 0 aliphatic heterocycles. The maximum atomic E-state index is 12.6. The van der Waals surface area contributed by atoms with Gasteiger partial charge in [-0.15, -0.1) is 0 Å². The van der Waals surface area contributed by atoms with Crippen molar-refractivity contribution < 1.29 is 163 Å². The standard InChI is InChI=1S/C7HF5O2.2C7H3F3O2.4C7H4F2O2.C7H5IO2/c8-2-1(7(13)14)3(9)5(11)6(12)4(2)10;8-4-1-3(7(11)12)2-5(9)6(4)10;8-3-1-2-4(9)6(10)5(3)7(11)12;8-4-1-2-5(7(10)11)6(9)3-4;8-5-2-1-4(7(10)11)3-6(5)9;8-4-2-1-3-5(9)6(4)7(10)11;8-5-3-1-2-4(6(5)9)7(10)11;8-6-3-1-5(2-4-6)7(9)10/h(H,13,14);2*1-2H,(H,11,12);4*1-3H,(H,10,11);1-4H,(H,9,10). The van der Waals surface area contributed by atoms with E-state index in [1.807, 2.05) is 0 Å². The van der Waals surface area contributed by atoms with E-state index in [1.54, 1.807) is 24.3 Å². The Morgan fingerprint density at radius 2 is 0.609 bits per heavy atom. The second-order valence-corrected chi connectivity index (χ2v) is 17.1. The van der Waals surface area contributed by atoms with Crippen LogP contribution in [0.25, 0.3) is 0 Å². The van der Waals surface area contributed by atoms with E-state index in [1.165, 1.54) is 0 Å². The van der Waals surface area contributed by atoms with Crippen molar-refractivity contribution in [3.05, 3.63) is 280 Å². The van der Waals surface area contributed by atoms with Crippen LogP contribution in [0.15, 0.2) is 121 Å². The Balaban J connectivity index is 0.000000527. The summed E-state index contributed by atoms with van der Waals surface area (Å²) in [5, 5.41) is 66.3. The van der Waals surface area contributed by atoms with Crippen molar-refractivity contribution in [1.82, 2.24) is 0 Å². The number of aromatic carboxylic acids is 8.